The number of nitrogens with zero attached hydrogens (tertiary/aromatic N) is 6. The van der Waals surface area contributed by atoms with Crippen LogP contribution in [0.5, 0.6) is 0 Å². The van der Waals surface area contributed by atoms with E-state index in [1.54, 1.807) is 19.2 Å². The molecule has 10 heteroatoms. The molecule has 1 saturated carbocycles. The van der Waals surface area contributed by atoms with Crippen LogP contribution in [0, 0.1) is 12.7 Å². The molecule has 0 bridgehead atoms. The summed E-state index contributed by atoms with van der Waals surface area (Å²) in [6.07, 6.45) is 5.87. The Morgan fingerprint density at radius 2 is 1.97 bits per heavy atom. The number of hydrogen-bond donors (Lipinski definition) is 0. The van der Waals surface area contributed by atoms with Crippen molar-refractivity contribution >= 4 is 28.5 Å². The van der Waals surface area contributed by atoms with Gasteiger partial charge < -0.3 is 14.2 Å². The summed E-state index contributed by atoms with van der Waals surface area (Å²) in [6.45, 7) is 4.84. The van der Waals surface area contributed by atoms with Crippen molar-refractivity contribution in [1.82, 2.24) is 24.3 Å². The first-order valence-electron chi connectivity index (χ1n) is 12.1. The standard InChI is InChI=1S/C26H26ClFN6O2/c1-14-8-20-23(19-7-4-17(27)9-21(19)28)30-26(31-24(20)25(35)32(14)3)33-11-15(2)36-22(13-33)16-10-29-34(12-16)18-5-6-18/h4,7-10,12,15,18,22H,5-6,11,13H2,1-3H3/t15-,22-/m1/s1. The van der Waals surface area contributed by atoms with Gasteiger partial charge in [-0.15, -0.1) is 0 Å². The Morgan fingerprint density at radius 1 is 1.17 bits per heavy atom. The Hall–Kier alpha value is -3.30. The summed E-state index contributed by atoms with van der Waals surface area (Å²) in [6, 6.07) is 6.76. The summed E-state index contributed by atoms with van der Waals surface area (Å²) < 4.78 is 24.8. The van der Waals surface area contributed by atoms with Crippen LogP contribution in [0.2, 0.25) is 5.02 Å². The van der Waals surface area contributed by atoms with Gasteiger partial charge in [-0.1, -0.05) is 11.6 Å². The van der Waals surface area contributed by atoms with Crippen LogP contribution in [-0.2, 0) is 11.8 Å². The molecule has 4 aromatic rings. The fourth-order valence-electron chi connectivity index (χ4n) is 4.77. The summed E-state index contributed by atoms with van der Waals surface area (Å²) in [5.74, 6) is -0.143. The van der Waals surface area contributed by atoms with Gasteiger partial charge in [0.15, 0.2) is 0 Å². The van der Waals surface area contributed by atoms with Crippen molar-refractivity contribution in [2.75, 3.05) is 18.0 Å². The Balaban J connectivity index is 1.47. The first kappa shape index (κ1) is 23.1. The van der Waals surface area contributed by atoms with Gasteiger partial charge in [0, 0.05) is 47.0 Å². The molecule has 0 N–H and O–H groups in total. The van der Waals surface area contributed by atoms with E-state index >= 15 is 4.39 Å². The third-order valence-corrected chi connectivity index (χ3v) is 7.20. The van der Waals surface area contributed by atoms with E-state index < -0.39 is 5.82 Å². The van der Waals surface area contributed by atoms with Crippen molar-refractivity contribution in [3.63, 3.8) is 0 Å². The topological polar surface area (TPSA) is 78.1 Å². The number of rotatable bonds is 4. The van der Waals surface area contributed by atoms with Crippen LogP contribution in [0.4, 0.5) is 10.3 Å². The van der Waals surface area contributed by atoms with E-state index in [1.807, 2.05) is 41.9 Å². The lowest BCUT2D eigenvalue weighted by atomic mass is 10.1. The fraction of sp³-hybridized carbons (Fsp3) is 0.385. The number of ether oxygens (including phenoxy) is 1. The second-order valence-electron chi connectivity index (χ2n) is 9.73. The molecule has 2 aliphatic rings. The summed E-state index contributed by atoms with van der Waals surface area (Å²) in [5, 5.41) is 5.30. The van der Waals surface area contributed by atoms with Gasteiger partial charge in [0.05, 0.1) is 30.6 Å². The Bertz CT molecular complexity index is 1550. The maximum atomic E-state index is 15.1. The van der Waals surface area contributed by atoms with Crippen LogP contribution in [0.25, 0.3) is 22.2 Å². The second-order valence-corrected chi connectivity index (χ2v) is 10.2. The fourth-order valence-corrected chi connectivity index (χ4v) is 4.93. The molecule has 186 valence electrons. The predicted molar refractivity (Wildman–Crippen MR) is 136 cm³/mol. The number of hydrogen-bond acceptors (Lipinski definition) is 6. The number of halogens is 2. The van der Waals surface area contributed by atoms with Gasteiger partial charge >= 0.3 is 0 Å². The molecule has 1 saturated heterocycles. The zero-order valence-electron chi connectivity index (χ0n) is 20.3. The SMILES string of the molecule is Cc1cc2c(-c3ccc(Cl)cc3F)nc(N3C[C@@H](C)O[C@@H](c4cnn(C5CC5)c4)C3)nc2c(=O)n1C. The van der Waals surface area contributed by atoms with Gasteiger partial charge in [-0.2, -0.15) is 5.10 Å². The van der Waals surface area contributed by atoms with E-state index in [2.05, 4.69) is 5.10 Å². The Morgan fingerprint density at radius 3 is 2.72 bits per heavy atom. The number of pyridine rings is 1. The molecule has 3 aromatic heterocycles. The zero-order valence-corrected chi connectivity index (χ0v) is 21.0. The van der Waals surface area contributed by atoms with Crippen LogP contribution in [0.1, 0.15) is 43.2 Å². The second kappa shape index (κ2) is 8.67. The molecule has 0 spiro atoms. The summed E-state index contributed by atoms with van der Waals surface area (Å²) in [7, 11) is 1.70. The van der Waals surface area contributed by atoms with Gasteiger partial charge in [-0.05, 0) is 51.0 Å². The average Bonchev–Trinajstić information content (AvgIpc) is 3.58. The number of anilines is 1. The van der Waals surface area contributed by atoms with Crippen LogP contribution in [0.15, 0.2) is 41.5 Å². The van der Waals surface area contributed by atoms with Crippen molar-refractivity contribution < 1.29 is 9.13 Å². The van der Waals surface area contributed by atoms with Gasteiger partial charge in [-0.25, -0.2) is 14.4 Å². The van der Waals surface area contributed by atoms with E-state index in [0.717, 1.165) is 24.1 Å². The molecule has 0 unspecified atom stereocenters. The molecule has 1 aliphatic heterocycles. The quantitative estimate of drug-likeness (QED) is 0.401. The molecule has 6 rings (SSSR count). The molecule has 36 heavy (non-hydrogen) atoms. The Kier molecular flexibility index (Phi) is 5.57. The van der Waals surface area contributed by atoms with Crippen LogP contribution in [-0.4, -0.2) is 43.5 Å². The minimum atomic E-state index is -0.507. The van der Waals surface area contributed by atoms with Gasteiger partial charge in [0.25, 0.3) is 5.56 Å². The molecule has 4 heterocycles. The van der Waals surface area contributed by atoms with E-state index in [0.29, 0.717) is 41.2 Å². The summed E-state index contributed by atoms with van der Waals surface area (Å²) in [5.41, 5.74) is 2.34. The molecule has 1 aliphatic carbocycles. The third kappa shape index (κ3) is 4.06. The normalized spacial score (nSPS) is 20.3. The minimum Gasteiger partial charge on any atom is -0.367 e. The van der Waals surface area contributed by atoms with Crippen LogP contribution >= 0.6 is 11.6 Å². The lowest BCUT2D eigenvalue weighted by Crippen LogP contribution is -2.43. The highest BCUT2D eigenvalue weighted by Gasteiger charge is 2.32. The summed E-state index contributed by atoms with van der Waals surface area (Å²) in [4.78, 5) is 24.7. The first-order chi connectivity index (χ1) is 17.3. The maximum Gasteiger partial charge on any atom is 0.277 e. The number of fused-ring (bicyclic) bond motifs is 1. The molecular weight excluding hydrogens is 483 g/mol. The molecule has 8 nitrogen and oxygen atoms in total. The minimum absolute atomic E-state index is 0.108. The van der Waals surface area contributed by atoms with Crippen molar-refractivity contribution in [3.8, 4) is 11.3 Å². The van der Waals surface area contributed by atoms with Gasteiger partial charge in [-0.3, -0.25) is 9.48 Å². The highest BCUT2D eigenvalue weighted by Crippen LogP contribution is 2.36. The van der Waals surface area contributed by atoms with E-state index in [4.69, 9.17) is 26.3 Å². The molecule has 0 radical (unpaired) electrons. The maximum absolute atomic E-state index is 15.1. The van der Waals surface area contributed by atoms with E-state index in [1.165, 1.54) is 10.6 Å². The predicted octanol–water partition coefficient (Wildman–Crippen LogP) is 4.59. The lowest BCUT2D eigenvalue weighted by Gasteiger charge is -2.36. The largest absolute Gasteiger partial charge is 0.367 e. The Labute approximate surface area is 212 Å². The number of aromatic nitrogens is 5. The van der Waals surface area contributed by atoms with Crippen molar-refractivity contribution in [2.24, 2.45) is 7.05 Å². The smallest absolute Gasteiger partial charge is 0.277 e. The van der Waals surface area contributed by atoms with Crippen molar-refractivity contribution in [1.29, 1.82) is 0 Å². The lowest BCUT2D eigenvalue weighted by molar-refractivity contribution is -0.0178. The highest BCUT2D eigenvalue weighted by molar-refractivity contribution is 6.30. The molecule has 2 fully saturated rings. The molecule has 0 amide bonds. The number of morpholine rings is 1. The number of aryl methyl sites for hydroxylation is 1. The highest BCUT2D eigenvalue weighted by atomic mass is 35.5. The number of benzene rings is 1. The van der Waals surface area contributed by atoms with E-state index in [9.17, 15) is 4.79 Å². The third-order valence-electron chi connectivity index (χ3n) is 6.97. The average molecular weight is 509 g/mol. The van der Waals surface area contributed by atoms with Crippen LogP contribution < -0.4 is 10.5 Å². The van der Waals surface area contributed by atoms with Gasteiger partial charge in [0.2, 0.25) is 5.95 Å². The van der Waals surface area contributed by atoms with Crippen LogP contribution in [0.3, 0.4) is 0 Å². The van der Waals surface area contributed by atoms with Crippen molar-refractivity contribution in [2.45, 2.75) is 44.9 Å². The van der Waals surface area contributed by atoms with E-state index in [-0.39, 0.29) is 28.8 Å². The summed E-state index contributed by atoms with van der Waals surface area (Å²) >= 11 is 6.01. The molecule has 1 aromatic carbocycles. The monoisotopic (exact) mass is 508 g/mol. The molecular formula is C26H26ClFN6O2. The van der Waals surface area contributed by atoms with Crippen molar-refractivity contribution in [3.05, 3.63) is 69.1 Å². The van der Waals surface area contributed by atoms with Gasteiger partial charge in [0.1, 0.15) is 17.4 Å². The molecule has 2 atom stereocenters. The first-order valence-corrected chi connectivity index (χ1v) is 12.4. The zero-order chi connectivity index (χ0) is 25.1.